The van der Waals surface area contributed by atoms with Crippen LogP contribution in [0.5, 0.6) is 23.0 Å². The van der Waals surface area contributed by atoms with Gasteiger partial charge < -0.3 is 23.9 Å². The number of fused-ring (bicyclic) bond motifs is 5. The number of phenolic OH excluding ortho intramolecular Hbond substituents is 1. The lowest BCUT2D eigenvalue weighted by molar-refractivity contribution is -0.137. The molecule has 4 atom stereocenters. The van der Waals surface area contributed by atoms with Crippen molar-refractivity contribution in [3.63, 3.8) is 0 Å². The molecule has 1 saturated carbocycles. The number of nitrogens with zero attached hydrogens (tertiary/aromatic N) is 6. The van der Waals surface area contributed by atoms with Crippen LogP contribution in [-0.4, -0.2) is 83.4 Å². The third kappa shape index (κ3) is 4.63. The summed E-state index contributed by atoms with van der Waals surface area (Å²) in [5, 5.41) is 10.4. The van der Waals surface area contributed by atoms with Crippen LogP contribution in [-0.2, 0) is 36.1 Å². The lowest BCUT2D eigenvalue weighted by atomic mass is 9.64. The number of carbonyl (C=O) groups is 2. The third-order valence-electron chi connectivity index (χ3n) is 10.2. The molecule has 1 N–H and O–H groups in total. The minimum Gasteiger partial charge on any atom is -0.503 e. The molecule has 4 aromatic rings. The van der Waals surface area contributed by atoms with Crippen molar-refractivity contribution in [1.29, 1.82) is 0 Å². The highest BCUT2D eigenvalue weighted by Crippen LogP contribution is 2.63. The summed E-state index contributed by atoms with van der Waals surface area (Å²) < 4.78 is 20.9. The first-order chi connectivity index (χ1) is 24.1. The summed E-state index contributed by atoms with van der Waals surface area (Å²) in [6.07, 6.45) is 1.30. The molecule has 4 unspecified atom stereocenters. The molecule has 1 aliphatic carbocycles. The van der Waals surface area contributed by atoms with Gasteiger partial charge >= 0.3 is 11.4 Å². The van der Waals surface area contributed by atoms with Crippen molar-refractivity contribution < 1.29 is 28.9 Å². The van der Waals surface area contributed by atoms with Gasteiger partial charge in [-0.2, -0.15) is 0 Å². The molecule has 0 bridgehead atoms. The zero-order valence-corrected chi connectivity index (χ0v) is 30.2. The Morgan fingerprint density at radius 2 is 1.59 bits per heavy atom. The monoisotopic (exact) mass is 760 g/mol. The molecule has 2 aliphatic heterocycles. The molecule has 7 rings (SSSR count). The maximum absolute atomic E-state index is 14.2. The van der Waals surface area contributed by atoms with Crippen LogP contribution in [0.4, 0.5) is 0 Å². The Labute approximate surface area is 303 Å². The number of likely N-dealkylation sites (tertiary alicyclic amines) is 1. The number of allylic oxidation sites excluding steroid dienone is 2. The normalized spacial score (nSPS) is 23.9. The average Bonchev–Trinajstić information content (AvgIpc) is 3.43. The Bertz CT molecular complexity index is 2420. The average molecular weight is 762 g/mol. The minimum atomic E-state index is -2.07. The first-order valence-electron chi connectivity index (χ1n) is 15.6. The molecule has 51 heavy (non-hydrogen) atoms. The van der Waals surface area contributed by atoms with Crippen molar-refractivity contribution >= 4 is 57.7 Å². The van der Waals surface area contributed by atoms with Crippen molar-refractivity contribution in [1.82, 2.24) is 28.4 Å². The Morgan fingerprint density at radius 3 is 2.25 bits per heavy atom. The summed E-state index contributed by atoms with van der Waals surface area (Å²) in [6, 6.07) is 5.08. The van der Waals surface area contributed by atoms with Crippen LogP contribution < -0.4 is 31.1 Å². The number of amides is 2. The van der Waals surface area contributed by atoms with E-state index in [-0.39, 0.29) is 53.7 Å². The molecule has 3 aliphatic rings. The van der Waals surface area contributed by atoms with Gasteiger partial charge in [-0.15, -0.1) is 23.2 Å². The molecule has 268 valence electrons. The van der Waals surface area contributed by atoms with Crippen LogP contribution in [0.3, 0.4) is 0 Å². The number of benzene rings is 2. The molecule has 18 heteroatoms. The van der Waals surface area contributed by atoms with Crippen LogP contribution in [0.25, 0.3) is 11.0 Å². The van der Waals surface area contributed by atoms with Crippen molar-refractivity contribution in [2.45, 2.75) is 47.6 Å². The first kappa shape index (κ1) is 34.7. The van der Waals surface area contributed by atoms with E-state index >= 15 is 0 Å². The van der Waals surface area contributed by atoms with Crippen molar-refractivity contribution in [2.75, 3.05) is 28.4 Å². The summed E-state index contributed by atoms with van der Waals surface area (Å²) in [6.45, 7) is -0.294. The van der Waals surface area contributed by atoms with Gasteiger partial charge in [-0.1, -0.05) is 17.7 Å². The molecule has 2 aromatic carbocycles. The number of aromatic nitrogens is 5. The molecule has 15 nitrogen and oxygen atoms in total. The Hall–Kier alpha value is -4.73. The van der Waals surface area contributed by atoms with E-state index in [0.29, 0.717) is 28.1 Å². The fraction of sp³-hybridized carbons (Fsp3) is 0.394. The van der Waals surface area contributed by atoms with Gasteiger partial charge in [0.15, 0.2) is 32.7 Å². The lowest BCUT2D eigenvalue weighted by Crippen LogP contribution is -2.59. The van der Waals surface area contributed by atoms with Gasteiger partial charge in [0.05, 0.1) is 50.0 Å². The number of aryl methyl sites for hydroxylation is 2. The summed E-state index contributed by atoms with van der Waals surface area (Å²) in [7, 11) is 7.12. The van der Waals surface area contributed by atoms with Crippen LogP contribution in [0.15, 0.2) is 50.3 Å². The van der Waals surface area contributed by atoms with Crippen LogP contribution in [0.2, 0.25) is 5.02 Å². The molecule has 4 heterocycles. The van der Waals surface area contributed by atoms with Gasteiger partial charge in [0.1, 0.15) is 5.69 Å². The van der Waals surface area contributed by atoms with Gasteiger partial charge in [0.25, 0.3) is 17.4 Å². The summed E-state index contributed by atoms with van der Waals surface area (Å²) in [4.78, 5) is 70.1. The second kappa shape index (κ2) is 11.9. The zero-order chi connectivity index (χ0) is 36.9. The maximum atomic E-state index is 14.2. The number of hydrogen-bond donors (Lipinski definition) is 1. The van der Waals surface area contributed by atoms with Crippen molar-refractivity contribution in [3.8, 4) is 23.0 Å². The maximum Gasteiger partial charge on any atom is 0.347 e. The SMILES string of the molecule is COc1cc2nc(CCn3c(=O)n4n(c3=O)C3CC5(Cl)C(=O)N(C)C(=O)C5(Cl)C(c5cc(Cl)c(O)c(OC)c5)C3=CC4)c(=O)n(C)c2cc1OC. The number of imide groups is 1. The number of rotatable bonds is 7. The number of ether oxygens (including phenoxy) is 3. The summed E-state index contributed by atoms with van der Waals surface area (Å²) in [5.41, 5.74) is -0.0486. The highest BCUT2D eigenvalue weighted by molar-refractivity contribution is 6.53. The second-order valence-electron chi connectivity index (χ2n) is 12.6. The van der Waals surface area contributed by atoms with Gasteiger partial charge in [0.2, 0.25) is 0 Å². The van der Waals surface area contributed by atoms with E-state index in [1.54, 1.807) is 25.3 Å². The number of hydrogen-bond acceptors (Lipinski definition) is 10. The van der Waals surface area contributed by atoms with Gasteiger partial charge in [-0.25, -0.2) is 28.5 Å². The van der Waals surface area contributed by atoms with E-state index in [1.165, 1.54) is 54.4 Å². The highest BCUT2D eigenvalue weighted by atomic mass is 35.5. The molecule has 0 radical (unpaired) electrons. The highest BCUT2D eigenvalue weighted by Gasteiger charge is 2.75. The third-order valence-corrected chi connectivity index (χ3v) is 11.9. The smallest absolute Gasteiger partial charge is 0.347 e. The predicted octanol–water partition coefficient (Wildman–Crippen LogP) is 2.31. The number of halogens is 3. The quantitative estimate of drug-likeness (QED) is 0.168. The fourth-order valence-corrected chi connectivity index (χ4v) is 8.84. The summed E-state index contributed by atoms with van der Waals surface area (Å²) in [5.74, 6) is -2.23. The fourth-order valence-electron chi connectivity index (χ4n) is 7.62. The molecule has 1 saturated heterocycles. The lowest BCUT2D eigenvalue weighted by Gasteiger charge is -2.49. The zero-order valence-electron chi connectivity index (χ0n) is 27.9. The van der Waals surface area contributed by atoms with E-state index in [9.17, 15) is 29.1 Å². The standard InChI is InChI=1S/C33H31Cl3N6O9/c1-38-20-13-23(50-4)22(49-3)12-19(20)37-18(27(38)44)7-8-40-30(47)41-9-6-16-21(42(41)31(40)48)14-32(35)28(45)39(2)29(46)33(32,36)25(16)15-10-17(34)26(43)24(11-15)51-5/h6,10-13,21,25,43H,7-9,14H2,1-5H3. The van der Waals surface area contributed by atoms with Gasteiger partial charge in [0, 0.05) is 51.5 Å². The molecule has 2 aromatic heterocycles. The van der Waals surface area contributed by atoms with Crippen LogP contribution in [0, 0.1) is 0 Å². The van der Waals surface area contributed by atoms with Crippen LogP contribution in [0.1, 0.15) is 29.6 Å². The number of carbonyl (C=O) groups excluding carboxylic acids is 2. The van der Waals surface area contributed by atoms with E-state index in [4.69, 9.17) is 49.0 Å². The number of alkyl halides is 2. The van der Waals surface area contributed by atoms with E-state index < -0.39 is 50.5 Å². The van der Waals surface area contributed by atoms with Crippen LogP contribution >= 0.6 is 34.8 Å². The molecular formula is C33H31Cl3N6O9. The minimum absolute atomic E-state index is 0.0205. The second-order valence-corrected chi connectivity index (χ2v) is 14.3. The number of aromatic hydroxyl groups is 1. The van der Waals surface area contributed by atoms with E-state index in [1.807, 2.05) is 0 Å². The number of phenols is 1. The molecular weight excluding hydrogens is 731 g/mol. The number of methoxy groups -OCH3 is 3. The topological polar surface area (TPSA) is 169 Å². The van der Waals surface area contributed by atoms with Gasteiger partial charge in [-0.3, -0.25) is 19.3 Å². The Morgan fingerprint density at radius 1 is 0.922 bits per heavy atom. The predicted molar refractivity (Wildman–Crippen MR) is 186 cm³/mol. The Balaban J connectivity index is 1.33. The van der Waals surface area contributed by atoms with Crippen molar-refractivity contribution in [3.05, 3.63) is 83.5 Å². The van der Waals surface area contributed by atoms with Gasteiger partial charge in [-0.05, 0) is 23.3 Å². The molecule has 2 fully saturated rings. The van der Waals surface area contributed by atoms with E-state index in [2.05, 4.69) is 4.98 Å². The first-order valence-corrected chi connectivity index (χ1v) is 16.8. The van der Waals surface area contributed by atoms with Crippen molar-refractivity contribution in [2.24, 2.45) is 7.05 Å². The molecule has 2 amide bonds. The summed E-state index contributed by atoms with van der Waals surface area (Å²) >= 11 is 20.7. The van der Waals surface area contributed by atoms with E-state index in [0.717, 1.165) is 9.47 Å². The largest absolute Gasteiger partial charge is 0.503 e. The molecule has 0 spiro atoms. The Kier molecular flexibility index (Phi) is 8.11.